The summed E-state index contributed by atoms with van der Waals surface area (Å²) in [6, 6.07) is 0. The van der Waals surface area contributed by atoms with Crippen LogP contribution in [0.15, 0.2) is 12.2 Å². The molecule has 1 N–H and O–H groups in total. The Balaban J connectivity index is 3.81. The van der Waals surface area contributed by atoms with Crippen molar-refractivity contribution in [1.29, 1.82) is 0 Å². The van der Waals surface area contributed by atoms with Crippen LogP contribution in [0.25, 0.3) is 0 Å². The lowest BCUT2D eigenvalue weighted by molar-refractivity contribution is -0.162. The zero-order valence-corrected chi connectivity index (χ0v) is 7.82. The molecule has 4 heteroatoms. The van der Waals surface area contributed by atoms with Crippen molar-refractivity contribution in [2.75, 3.05) is 0 Å². The maximum absolute atomic E-state index is 10.8. The molecule has 1 unspecified atom stereocenters. The van der Waals surface area contributed by atoms with Crippen LogP contribution in [-0.4, -0.2) is 23.1 Å². The minimum Gasteiger partial charge on any atom is -0.388 e. The van der Waals surface area contributed by atoms with Gasteiger partial charge in [0.1, 0.15) is 6.10 Å². The van der Waals surface area contributed by atoms with Crippen LogP contribution in [0.5, 0.6) is 0 Å². The number of aliphatic hydroxyl groups excluding tert-OH is 1. The second kappa shape index (κ2) is 6.37. The van der Waals surface area contributed by atoms with Gasteiger partial charge in [0.2, 0.25) is 0 Å². The highest BCUT2D eigenvalue weighted by molar-refractivity contribution is 5.93. The van der Waals surface area contributed by atoms with Gasteiger partial charge >= 0.3 is 11.9 Å². The van der Waals surface area contributed by atoms with E-state index < -0.39 is 18.0 Å². The highest BCUT2D eigenvalue weighted by Crippen LogP contribution is 1.92. The van der Waals surface area contributed by atoms with Gasteiger partial charge in [0.25, 0.3) is 0 Å². The fraction of sp³-hybridized carbons (Fsp3) is 0.556. The van der Waals surface area contributed by atoms with E-state index in [0.29, 0.717) is 0 Å². The topological polar surface area (TPSA) is 63.6 Å². The van der Waals surface area contributed by atoms with Crippen molar-refractivity contribution in [3.63, 3.8) is 0 Å². The first kappa shape index (κ1) is 11.8. The van der Waals surface area contributed by atoms with E-state index in [4.69, 9.17) is 5.11 Å². The average Bonchev–Trinajstić information content (AvgIpc) is 2.04. The molecule has 0 aromatic heterocycles. The van der Waals surface area contributed by atoms with Crippen LogP contribution >= 0.6 is 0 Å². The van der Waals surface area contributed by atoms with Crippen LogP contribution < -0.4 is 0 Å². The van der Waals surface area contributed by atoms with Crippen molar-refractivity contribution >= 4 is 11.9 Å². The summed E-state index contributed by atoms with van der Waals surface area (Å²) in [6.45, 7) is 3.21. The number of carbonyl (C=O) groups excluding carboxylic acids is 2. The van der Waals surface area contributed by atoms with E-state index in [9.17, 15) is 9.59 Å². The fourth-order valence-corrected chi connectivity index (χ4v) is 0.565. The molecule has 0 aromatic carbocycles. The smallest absolute Gasteiger partial charge is 0.342 e. The van der Waals surface area contributed by atoms with Gasteiger partial charge in [-0.05, 0) is 13.3 Å². The third-order valence-corrected chi connectivity index (χ3v) is 1.25. The molecular formula is C9H14O4. The molecule has 0 amide bonds. The SMILES string of the molecule is CCCC=CC(=O)OC(=O)C(C)O. The van der Waals surface area contributed by atoms with Crippen LogP contribution in [0.3, 0.4) is 0 Å². The quantitative estimate of drug-likeness (QED) is 0.400. The number of unbranched alkanes of at least 4 members (excludes halogenated alkanes) is 1. The molecule has 0 saturated heterocycles. The maximum atomic E-state index is 10.8. The first-order valence-electron chi connectivity index (χ1n) is 4.18. The van der Waals surface area contributed by atoms with Gasteiger partial charge in [-0.1, -0.05) is 19.4 Å². The number of aliphatic hydroxyl groups is 1. The van der Waals surface area contributed by atoms with Crippen molar-refractivity contribution in [3.05, 3.63) is 12.2 Å². The Kier molecular flexibility index (Phi) is 5.80. The molecule has 13 heavy (non-hydrogen) atoms. The van der Waals surface area contributed by atoms with Crippen LogP contribution in [0, 0.1) is 0 Å². The third-order valence-electron chi connectivity index (χ3n) is 1.25. The Labute approximate surface area is 77.2 Å². The Bertz CT molecular complexity index is 206. The number of carbonyl (C=O) groups is 2. The Morgan fingerprint density at radius 2 is 2.15 bits per heavy atom. The number of rotatable bonds is 4. The fourth-order valence-electron chi connectivity index (χ4n) is 0.565. The summed E-state index contributed by atoms with van der Waals surface area (Å²) in [4.78, 5) is 21.5. The zero-order chi connectivity index (χ0) is 10.3. The molecule has 0 aliphatic heterocycles. The molecule has 0 aliphatic carbocycles. The highest BCUT2D eigenvalue weighted by atomic mass is 16.6. The number of ether oxygens (including phenoxy) is 1. The summed E-state index contributed by atoms with van der Waals surface area (Å²) in [5.41, 5.74) is 0. The molecule has 0 rings (SSSR count). The molecule has 0 saturated carbocycles. The van der Waals surface area contributed by atoms with E-state index >= 15 is 0 Å². The number of allylic oxidation sites excluding steroid dienone is 1. The summed E-state index contributed by atoms with van der Waals surface area (Å²) >= 11 is 0. The molecule has 1 atom stereocenters. The predicted octanol–water partition coefficient (Wildman–Crippen LogP) is 0.793. The summed E-state index contributed by atoms with van der Waals surface area (Å²) in [5, 5.41) is 8.69. The predicted molar refractivity (Wildman–Crippen MR) is 46.8 cm³/mol. The summed E-state index contributed by atoms with van der Waals surface area (Å²) in [7, 11) is 0. The van der Waals surface area contributed by atoms with Crippen molar-refractivity contribution in [3.8, 4) is 0 Å². The lowest BCUT2D eigenvalue weighted by atomic mass is 10.3. The molecule has 0 aromatic rings. The monoisotopic (exact) mass is 186 g/mol. The van der Waals surface area contributed by atoms with Gasteiger partial charge in [0, 0.05) is 6.08 Å². The van der Waals surface area contributed by atoms with Gasteiger partial charge in [-0.3, -0.25) is 0 Å². The lowest BCUT2D eigenvalue weighted by Crippen LogP contribution is -2.21. The standard InChI is InChI=1S/C9H14O4/c1-3-4-5-6-8(11)13-9(12)7(2)10/h5-7,10H,3-4H2,1-2H3. The summed E-state index contributed by atoms with van der Waals surface area (Å²) in [6.07, 6.45) is 3.23. The van der Waals surface area contributed by atoms with Gasteiger partial charge < -0.3 is 9.84 Å². The Morgan fingerprint density at radius 1 is 1.54 bits per heavy atom. The molecule has 0 aliphatic rings. The number of hydrogen-bond acceptors (Lipinski definition) is 4. The van der Waals surface area contributed by atoms with Gasteiger partial charge in [0.05, 0.1) is 0 Å². The van der Waals surface area contributed by atoms with Crippen molar-refractivity contribution in [2.24, 2.45) is 0 Å². The average molecular weight is 186 g/mol. The minimum absolute atomic E-state index is 0.737. The summed E-state index contributed by atoms with van der Waals surface area (Å²) < 4.78 is 4.24. The van der Waals surface area contributed by atoms with E-state index in [1.54, 1.807) is 6.08 Å². The van der Waals surface area contributed by atoms with Crippen molar-refractivity contribution in [1.82, 2.24) is 0 Å². The van der Waals surface area contributed by atoms with Crippen LogP contribution in [-0.2, 0) is 14.3 Å². The van der Waals surface area contributed by atoms with E-state index in [-0.39, 0.29) is 0 Å². The first-order valence-corrected chi connectivity index (χ1v) is 4.18. The minimum atomic E-state index is -1.26. The lowest BCUT2D eigenvalue weighted by Gasteiger charge is -2.00. The zero-order valence-electron chi connectivity index (χ0n) is 7.82. The third kappa shape index (κ3) is 6.04. The Hall–Kier alpha value is -1.16. The second-order valence-corrected chi connectivity index (χ2v) is 2.61. The van der Waals surface area contributed by atoms with E-state index in [0.717, 1.165) is 12.8 Å². The second-order valence-electron chi connectivity index (χ2n) is 2.61. The van der Waals surface area contributed by atoms with Gasteiger partial charge in [-0.25, -0.2) is 9.59 Å². The molecule has 4 nitrogen and oxygen atoms in total. The van der Waals surface area contributed by atoms with E-state index in [1.807, 2.05) is 6.92 Å². The Morgan fingerprint density at radius 3 is 2.62 bits per heavy atom. The van der Waals surface area contributed by atoms with Crippen LogP contribution in [0.2, 0.25) is 0 Å². The summed E-state index contributed by atoms with van der Waals surface area (Å²) in [5.74, 6) is -1.66. The van der Waals surface area contributed by atoms with Gasteiger partial charge in [0.15, 0.2) is 0 Å². The largest absolute Gasteiger partial charge is 0.388 e. The van der Waals surface area contributed by atoms with Gasteiger partial charge in [-0.2, -0.15) is 0 Å². The molecule has 0 radical (unpaired) electrons. The molecule has 0 fully saturated rings. The maximum Gasteiger partial charge on any atom is 0.342 e. The highest BCUT2D eigenvalue weighted by Gasteiger charge is 2.12. The molecular weight excluding hydrogens is 172 g/mol. The van der Waals surface area contributed by atoms with Gasteiger partial charge in [-0.15, -0.1) is 0 Å². The molecule has 0 heterocycles. The number of hydrogen-bond donors (Lipinski definition) is 1. The normalized spacial score (nSPS) is 12.8. The van der Waals surface area contributed by atoms with Crippen LogP contribution in [0.1, 0.15) is 26.7 Å². The molecule has 74 valence electrons. The van der Waals surface area contributed by atoms with Crippen molar-refractivity contribution < 1.29 is 19.4 Å². The number of esters is 2. The van der Waals surface area contributed by atoms with Crippen molar-refractivity contribution in [2.45, 2.75) is 32.8 Å². The molecule has 0 spiro atoms. The van der Waals surface area contributed by atoms with E-state index in [2.05, 4.69) is 4.74 Å². The molecule has 0 bridgehead atoms. The van der Waals surface area contributed by atoms with E-state index in [1.165, 1.54) is 13.0 Å². The van der Waals surface area contributed by atoms with Crippen LogP contribution in [0.4, 0.5) is 0 Å². The first-order chi connectivity index (χ1) is 6.07.